The van der Waals surface area contributed by atoms with Gasteiger partial charge in [0.15, 0.2) is 0 Å². The van der Waals surface area contributed by atoms with Gasteiger partial charge in [0.25, 0.3) is 10.0 Å². The largest absolute Gasteiger partial charge is 0.490 e. The van der Waals surface area contributed by atoms with Crippen LogP contribution >= 0.6 is 0 Å². The molecule has 0 spiro atoms. The summed E-state index contributed by atoms with van der Waals surface area (Å²) in [6.07, 6.45) is 4.28. The molecule has 2 aromatic carbocycles. The maximum Gasteiger partial charge on any atom is 0.261 e. The molecule has 0 aliphatic carbocycles. The Labute approximate surface area is 152 Å². The molecule has 0 radical (unpaired) electrons. The maximum absolute atomic E-state index is 12.9. The lowest BCUT2D eigenvalue weighted by molar-refractivity contribution is 0.254. The van der Waals surface area contributed by atoms with E-state index in [1.807, 2.05) is 38.2 Å². The molecule has 4 rings (SSSR count). The van der Waals surface area contributed by atoms with Gasteiger partial charge in [0.2, 0.25) is 0 Å². The van der Waals surface area contributed by atoms with Crippen LogP contribution in [0.5, 0.6) is 5.75 Å². The van der Waals surface area contributed by atoms with E-state index in [9.17, 15) is 8.42 Å². The number of hydrogen-bond donors (Lipinski definition) is 1. The van der Waals surface area contributed by atoms with Gasteiger partial charge in [-0.15, -0.1) is 0 Å². The third-order valence-electron chi connectivity index (χ3n) is 4.41. The predicted octanol–water partition coefficient (Wildman–Crippen LogP) is 3.30. The molecule has 2 heterocycles. The third kappa shape index (κ3) is 3.06. The first-order chi connectivity index (χ1) is 12.4. The second-order valence-corrected chi connectivity index (χ2v) is 8.14. The van der Waals surface area contributed by atoms with Crippen LogP contribution < -0.4 is 9.46 Å². The zero-order valence-electron chi connectivity index (χ0n) is 14.5. The van der Waals surface area contributed by atoms with Crippen LogP contribution in [0.25, 0.3) is 5.69 Å². The van der Waals surface area contributed by atoms with Gasteiger partial charge >= 0.3 is 0 Å². The van der Waals surface area contributed by atoms with E-state index < -0.39 is 10.0 Å². The van der Waals surface area contributed by atoms with E-state index in [-0.39, 0.29) is 11.0 Å². The van der Waals surface area contributed by atoms with Crippen molar-refractivity contribution in [3.05, 3.63) is 66.0 Å². The minimum absolute atomic E-state index is 0.0731. The minimum Gasteiger partial charge on any atom is -0.490 e. The van der Waals surface area contributed by atoms with Gasteiger partial charge in [0.05, 0.1) is 16.3 Å². The first-order valence-corrected chi connectivity index (χ1v) is 9.84. The van der Waals surface area contributed by atoms with Crippen LogP contribution in [0.3, 0.4) is 0 Å². The molecule has 0 amide bonds. The van der Waals surface area contributed by atoms with E-state index in [1.165, 1.54) is 0 Å². The van der Waals surface area contributed by atoms with E-state index in [2.05, 4.69) is 9.82 Å². The molecule has 1 aliphatic heterocycles. The summed E-state index contributed by atoms with van der Waals surface area (Å²) >= 11 is 0. The summed E-state index contributed by atoms with van der Waals surface area (Å²) in [4.78, 5) is 0.234. The Bertz CT molecular complexity index is 1060. The second kappa shape index (κ2) is 6.17. The van der Waals surface area contributed by atoms with Crippen molar-refractivity contribution < 1.29 is 13.2 Å². The summed E-state index contributed by atoms with van der Waals surface area (Å²) in [6.45, 7) is 3.83. The Kier molecular flexibility index (Phi) is 3.96. The normalized spacial score (nSPS) is 16.2. The van der Waals surface area contributed by atoms with Crippen LogP contribution in [0.1, 0.15) is 18.1 Å². The molecule has 1 aromatic heterocycles. The van der Waals surface area contributed by atoms with Gasteiger partial charge in [-0.1, -0.05) is 6.07 Å². The van der Waals surface area contributed by atoms with Gasteiger partial charge in [-0.2, -0.15) is 5.10 Å². The van der Waals surface area contributed by atoms with Crippen LogP contribution in [-0.2, 0) is 16.4 Å². The first kappa shape index (κ1) is 16.7. The smallest absolute Gasteiger partial charge is 0.261 e. The zero-order chi connectivity index (χ0) is 18.3. The number of anilines is 1. The summed E-state index contributed by atoms with van der Waals surface area (Å²) in [5.41, 5.74) is 3.07. The van der Waals surface area contributed by atoms with E-state index in [0.29, 0.717) is 12.1 Å². The Hall–Kier alpha value is -2.80. The van der Waals surface area contributed by atoms with Crippen molar-refractivity contribution in [3.63, 3.8) is 0 Å². The fraction of sp³-hybridized carbons (Fsp3) is 0.211. The summed E-state index contributed by atoms with van der Waals surface area (Å²) in [5.74, 6) is 0.758. The predicted molar refractivity (Wildman–Crippen MR) is 99.3 cm³/mol. The van der Waals surface area contributed by atoms with Crippen molar-refractivity contribution in [1.29, 1.82) is 0 Å². The second-order valence-electron chi connectivity index (χ2n) is 6.46. The monoisotopic (exact) mass is 369 g/mol. The molecular weight excluding hydrogens is 350 g/mol. The number of aromatic nitrogens is 2. The van der Waals surface area contributed by atoms with Crippen LogP contribution in [0.4, 0.5) is 5.69 Å². The highest BCUT2D eigenvalue weighted by Crippen LogP contribution is 2.31. The minimum atomic E-state index is -3.70. The van der Waals surface area contributed by atoms with Gasteiger partial charge < -0.3 is 4.74 Å². The van der Waals surface area contributed by atoms with Gasteiger partial charge in [0, 0.05) is 18.8 Å². The average Bonchev–Trinajstić information content (AvgIpc) is 3.24. The van der Waals surface area contributed by atoms with Crippen molar-refractivity contribution >= 4 is 15.7 Å². The van der Waals surface area contributed by atoms with Crippen molar-refractivity contribution in [1.82, 2.24) is 9.78 Å². The quantitative estimate of drug-likeness (QED) is 0.766. The number of nitrogens with zero attached hydrogens (tertiary/aromatic N) is 2. The Morgan fingerprint density at radius 3 is 2.85 bits per heavy atom. The first-order valence-electron chi connectivity index (χ1n) is 8.35. The molecule has 26 heavy (non-hydrogen) atoms. The number of ether oxygens (including phenoxy) is 1. The molecule has 0 saturated carbocycles. The van der Waals surface area contributed by atoms with Gasteiger partial charge in [0.1, 0.15) is 11.9 Å². The highest BCUT2D eigenvalue weighted by atomic mass is 32.2. The number of aryl methyl sites for hydroxylation is 1. The lowest BCUT2D eigenvalue weighted by atomic mass is 10.1. The molecule has 0 fully saturated rings. The lowest BCUT2D eigenvalue weighted by Gasteiger charge is -2.13. The highest BCUT2D eigenvalue weighted by Gasteiger charge is 2.23. The fourth-order valence-corrected chi connectivity index (χ4v) is 4.23. The van der Waals surface area contributed by atoms with Gasteiger partial charge in [-0.05, 0) is 61.4 Å². The van der Waals surface area contributed by atoms with Gasteiger partial charge in [-0.25, -0.2) is 13.1 Å². The van der Waals surface area contributed by atoms with Crippen molar-refractivity contribution in [2.75, 3.05) is 4.72 Å². The van der Waals surface area contributed by atoms with Crippen LogP contribution in [-0.4, -0.2) is 24.3 Å². The number of benzene rings is 2. The summed E-state index contributed by atoms with van der Waals surface area (Å²) < 4.78 is 35.7. The van der Waals surface area contributed by atoms with E-state index >= 15 is 0 Å². The van der Waals surface area contributed by atoms with E-state index in [4.69, 9.17) is 4.74 Å². The van der Waals surface area contributed by atoms with Crippen LogP contribution in [0.2, 0.25) is 0 Å². The third-order valence-corrected chi connectivity index (χ3v) is 5.78. The Balaban J connectivity index is 1.66. The topological polar surface area (TPSA) is 73.2 Å². The summed E-state index contributed by atoms with van der Waals surface area (Å²) in [5, 5.41) is 4.18. The SMILES string of the molecule is Cc1ccc(-n2cccn2)cc1NS(=O)(=O)c1ccc2c(c1)C[C@@H](C)O2. The number of sulfonamides is 1. The molecule has 0 saturated heterocycles. The van der Waals surface area contributed by atoms with Gasteiger partial charge in [-0.3, -0.25) is 4.72 Å². The molecule has 7 heteroatoms. The van der Waals surface area contributed by atoms with Crippen LogP contribution in [0, 0.1) is 6.92 Å². The Morgan fingerprint density at radius 1 is 1.23 bits per heavy atom. The number of fused-ring (bicyclic) bond motifs is 1. The number of hydrogen-bond acceptors (Lipinski definition) is 4. The Morgan fingerprint density at radius 2 is 2.08 bits per heavy atom. The van der Waals surface area contributed by atoms with Crippen molar-refractivity contribution in [2.45, 2.75) is 31.3 Å². The molecule has 0 unspecified atom stereocenters. The maximum atomic E-state index is 12.9. The molecule has 3 aromatic rings. The summed E-state index contributed by atoms with van der Waals surface area (Å²) in [7, 11) is -3.70. The van der Waals surface area contributed by atoms with E-state index in [1.54, 1.807) is 35.1 Å². The molecular formula is C19H19N3O3S. The highest BCUT2D eigenvalue weighted by molar-refractivity contribution is 7.92. The van der Waals surface area contributed by atoms with Crippen LogP contribution in [0.15, 0.2) is 59.8 Å². The zero-order valence-corrected chi connectivity index (χ0v) is 15.3. The summed E-state index contributed by atoms with van der Waals surface area (Å²) in [6, 6.07) is 12.3. The molecule has 0 bridgehead atoms. The van der Waals surface area contributed by atoms with E-state index in [0.717, 1.165) is 22.6 Å². The number of nitrogens with one attached hydrogen (secondary N) is 1. The average molecular weight is 369 g/mol. The molecule has 1 aliphatic rings. The molecule has 6 nitrogen and oxygen atoms in total. The molecule has 1 N–H and O–H groups in total. The molecule has 1 atom stereocenters. The lowest BCUT2D eigenvalue weighted by Crippen LogP contribution is -2.14. The fourth-order valence-electron chi connectivity index (χ4n) is 3.05. The van der Waals surface area contributed by atoms with Crippen molar-refractivity contribution in [3.8, 4) is 11.4 Å². The molecule has 134 valence electrons. The standard InChI is InChI=1S/C19H19N3O3S/c1-13-4-5-16(22-9-3-8-20-22)12-18(13)21-26(23,24)17-6-7-19-15(11-17)10-14(2)25-19/h3-9,11-12,14,21H,10H2,1-2H3/t14-/m1/s1. The van der Waals surface area contributed by atoms with Crippen molar-refractivity contribution in [2.24, 2.45) is 0 Å². The number of rotatable bonds is 4.